The van der Waals surface area contributed by atoms with Gasteiger partial charge in [-0.3, -0.25) is 14.4 Å². The van der Waals surface area contributed by atoms with Crippen molar-refractivity contribution >= 4 is 29.4 Å². The van der Waals surface area contributed by atoms with Gasteiger partial charge in [-0.1, -0.05) is 39.0 Å². The summed E-state index contributed by atoms with van der Waals surface area (Å²) >= 11 is 0. The number of fused-ring (bicyclic) bond motifs is 1. The smallest absolute Gasteiger partial charge is 0.313 e. The number of carbonyl (C=O) groups excluding carboxylic acids is 3. The highest BCUT2D eigenvalue weighted by Gasteiger charge is 2.58. The quantitative estimate of drug-likeness (QED) is 0.246. The fourth-order valence-corrected chi connectivity index (χ4v) is 4.16. The fourth-order valence-electron chi connectivity index (χ4n) is 4.16. The van der Waals surface area contributed by atoms with Gasteiger partial charge in [-0.05, 0) is 24.0 Å². The number of rotatable bonds is 6. The van der Waals surface area contributed by atoms with Gasteiger partial charge in [0.25, 0.3) is 0 Å². The molecule has 0 radical (unpaired) electrons. The lowest BCUT2D eigenvalue weighted by atomic mass is 9.86. The summed E-state index contributed by atoms with van der Waals surface area (Å²) in [5.74, 6) is -13.2. The molecule has 13 heteroatoms. The maximum absolute atomic E-state index is 14.0. The molecule has 39 heavy (non-hydrogen) atoms. The van der Waals surface area contributed by atoms with Crippen LogP contribution in [0, 0.1) is 23.3 Å². The molecule has 0 aromatic heterocycles. The van der Waals surface area contributed by atoms with E-state index in [-0.39, 0.29) is 23.8 Å². The van der Waals surface area contributed by atoms with Crippen LogP contribution in [-0.2, 0) is 29.3 Å². The third kappa shape index (κ3) is 5.52. The molecule has 0 aliphatic carbocycles. The summed E-state index contributed by atoms with van der Waals surface area (Å²) in [7, 11) is 0. The van der Waals surface area contributed by atoms with E-state index in [0.717, 1.165) is 5.56 Å². The average Bonchev–Trinajstić information content (AvgIpc) is 3.35. The largest absolute Gasteiger partial charge is 0.479 e. The van der Waals surface area contributed by atoms with E-state index in [2.05, 4.69) is 15.6 Å². The molecule has 9 nitrogen and oxygen atoms in total. The van der Waals surface area contributed by atoms with Crippen molar-refractivity contribution in [3.8, 4) is 5.75 Å². The molecule has 0 unspecified atom stereocenters. The zero-order valence-electron chi connectivity index (χ0n) is 21.4. The molecule has 3 atom stereocenters. The van der Waals surface area contributed by atoms with Gasteiger partial charge in [-0.2, -0.15) is 8.78 Å². The number of carbonyl (C=O) groups is 3. The molecule has 0 spiro atoms. The first kappa shape index (κ1) is 27.9. The molecule has 2 aromatic carbocycles. The summed E-state index contributed by atoms with van der Waals surface area (Å²) in [6.45, 7) is 6.41. The Morgan fingerprint density at radius 1 is 1.10 bits per heavy atom. The van der Waals surface area contributed by atoms with E-state index >= 15 is 0 Å². The van der Waals surface area contributed by atoms with E-state index in [1.807, 2.05) is 32.9 Å². The highest BCUT2D eigenvalue weighted by molar-refractivity contribution is 6.40. The number of halogens is 4. The minimum absolute atomic E-state index is 0.0176. The molecule has 2 heterocycles. The van der Waals surface area contributed by atoms with Gasteiger partial charge in [0.2, 0.25) is 17.5 Å². The van der Waals surface area contributed by atoms with Crippen LogP contribution in [0.15, 0.2) is 35.3 Å². The van der Waals surface area contributed by atoms with Gasteiger partial charge in [0.05, 0.1) is 6.42 Å². The van der Waals surface area contributed by atoms with Crippen molar-refractivity contribution in [1.82, 2.24) is 5.32 Å². The van der Waals surface area contributed by atoms with Crippen LogP contribution < -0.4 is 15.4 Å². The molecule has 2 amide bonds. The van der Waals surface area contributed by atoms with Crippen LogP contribution in [0.2, 0.25) is 0 Å². The standard InChI is InChI=1S/C26H25F4N3O6/c1-12(31-22(35)23(36)32-16-8-6-5-7-13(16)25(2,3)4)24-33-17-10-18(34)38-26(17,39-24)11-37-21-19(29)14(27)9-15(28)20(21)30/h5-9,12,17H,10-11H2,1-4H3,(H,31,35)(H,32,36)/t12-,17-,26-/m0/s1. The number of hydrogen-bond donors (Lipinski definition) is 2. The number of anilines is 1. The van der Waals surface area contributed by atoms with Crippen molar-refractivity contribution in [1.29, 1.82) is 0 Å². The summed E-state index contributed by atoms with van der Waals surface area (Å²) in [6, 6.07) is 4.96. The number of hydrogen-bond acceptors (Lipinski definition) is 7. The predicted octanol–water partition coefficient (Wildman–Crippen LogP) is 3.50. The minimum Gasteiger partial charge on any atom is -0.479 e. The Bertz CT molecular complexity index is 1350. The van der Waals surface area contributed by atoms with Crippen molar-refractivity contribution in [3.05, 3.63) is 59.2 Å². The zero-order valence-corrected chi connectivity index (χ0v) is 21.4. The molecule has 4 rings (SSSR count). The van der Waals surface area contributed by atoms with E-state index in [4.69, 9.17) is 14.2 Å². The number of benzene rings is 2. The molecule has 0 saturated carbocycles. The molecular formula is C26H25F4N3O6. The van der Waals surface area contributed by atoms with Gasteiger partial charge in [0.15, 0.2) is 24.0 Å². The van der Waals surface area contributed by atoms with E-state index in [9.17, 15) is 31.9 Å². The van der Waals surface area contributed by atoms with Crippen molar-refractivity contribution < 1.29 is 46.2 Å². The van der Waals surface area contributed by atoms with Crippen LogP contribution in [0.5, 0.6) is 5.75 Å². The van der Waals surface area contributed by atoms with Gasteiger partial charge >= 0.3 is 23.6 Å². The summed E-state index contributed by atoms with van der Waals surface area (Å²) in [5, 5.41) is 4.99. The van der Waals surface area contributed by atoms with E-state index < -0.39 is 71.3 Å². The third-order valence-electron chi connectivity index (χ3n) is 6.11. The van der Waals surface area contributed by atoms with Crippen LogP contribution in [0.25, 0.3) is 0 Å². The van der Waals surface area contributed by atoms with Crippen molar-refractivity contribution in [2.75, 3.05) is 11.9 Å². The monoisotopic (exact) mass is 551 g/mol. The second kappa shape index (κ2) is 10.2. The first-order valence-electron chi connectivity index (χ1n) is 11.9. The maximum Gasteiger partial charge on any atom is 0.313 e. The summed E-state index contributed by atoms with van der Waals surface area (Å²) in [5.41, 5.74) is 0.956. The van der Waals surface area contributed by atoms with Crippen LogP contribution in [-0.4, -0.2) is 48.2 Å². The molecule has 2 aromatic rings. The zero-order chi connectivity index (χ0) is 28.7. The molecule has 0 bridgehead atoms. The van der Waals surface area contributed by atoms with Crippen LogP contribution in [0.4, 0.5) is 23.2 Å². The normalized spacial score (nSPS) is 20.9. The molecular weight excluding hydrogens is 526 g/mol. The molecule has 1 fully saturated rings. The molecule has 1 saturated heterocycles. The second-order valence-electron chi connectivity index (χ2n) is 10.1. The number of nitrogens with zero attached hydrogens (tertiary/aromatic N) is 1. The van der Waals surface area contributed by atoms with Crippen molar-refractivity contribution in [3.63, 3.8) is 0 Å². The fraction of sp³-hybridized carbons (Fsp3) is 0.385. The lowest BCUT2D eigenvalue weighted by Gasteiger charge is -2.27. The predicted molar refractivity (Wildman–Crippen MR) is 129 cm³/mol. The molecule has 2 aliphatic heterocycles. The summed E-state index contributed by atoms with van der Waals surface area (Å²) in [4.78, 5) is 41.3. The Kier molecular flexibility index (Phi) is 7.28. The first-order chi connectivity index (χ1) is 18.2. The maximum atomic E-state index is 14.0. The number of esters is 1. The van der Waals surface area contributed by atoms with E-state index in [1.54, 1.807) is 12.1 Å². The molecule has 2 N–H and O–H groups in total. The van der Waals surface area contributed by atoms with Crippen molar-refractivity contribution in [2.24, 2.45) is 4.99 Å². The Morgan fingerprint density at radius 2 is 1.74 bits per heavy atom. The van der Waals surface area contributed by atoms with Crippen molar-refractivity contribution in [2.45, 2.75) is 57.4 Å². The number of amides is 2. The third-order valence-corrected chi connectivity index (χ3v) is 6.11. The highest BCUT2D eigenvalue weighted by Crippen LogP contribution is 2.38. The van der Waals surface area contributed by atoms with Crippen LogP contribution in [0.3, 0.4) is 0 Å². The molecule has 208 valence electrons. The first-order valence-corrected chi connectivity index (χ1v) is 11.9. The number of para-hydroxylation sites is 1. The Morgan fingerprint density at radius 3 is 2.38 bits per heavy atom. The topological polar surface area (TPSA) is 115 Å². The number of aliphatic imine (C=N–C) groups is 1. The lowest BCUT2D eigenvalue weighted by molar-refractivity contribution is -0.190. The van der Waals surface area contributed by atoms with Gasteiger partial charge in [0.1, 0.15) is 12.1 Å². The van der Waals surface area contributed by atoms with E-state index in [0.29, 0.717) is 5.69 Å². The lowest BCUT2D eigenvalue weighted by Crippen LogP contribution is -2.48. The van der Waals surface area contributed by atoms with Crippen LogP contribution in [0.1, 0.15) is 39.7 Å². The number of ether oxygens (including phenoxy) is 3. The van der Waals surface area contributed by atoms with Gasteiger partial charge in [-0.15, -0.1) is 0 Å². The SMILES string of the molecule is C[C@H](NC(=O)C(=O)Nc1ccccc1C(C)(C)C)C1=N[C@H]2CC(=O)O[C@@]2(COc2c(F)c(F)cc(F)c2F)O1. The Labute approximate surface area is 220 Å². The summed E-state index contributed by atoms with van der Waals surface area (Å²) < 4.78 is 70.9. The van der Waals surface area contributed by atoms with Gasteiger partial charge in [0, 0.05) is 11.8 Å². The Hall–Kier alpha value is -4.16. The number of nitrogens with one attached hydrogen (secondary N) is 2. The molecule has 2 aliphatic rings. The van der Waals surface area contributed by atoms with Crippen LogP contribution >= 0.6 is 0 Å². The Balaban J connectivity index is 1.44. The highest BCUT2D eigenvalue weighted by atomic mass is 19.2. The van der Waals surface area contributed by atoms with Gasteiger partial charge < -0.3 is 24.8 Å². The second-order valence-corrected chi connectivity index (χ2v) is 10.1. The minimum atomic E-state index is -2.01. The summed E-state index contributed by atoms with van der Waals surface area (Å²) in [6.07, 6.45) is -0.305. The van der Waals surface area contributed by atoms with E-state index in [1.165, 1.54) is 6.92 Å². The van der Waals surface area contributed by atoms with Gasteiger partial charge in [-0.25, -0.2) is 13.8 Å². The average molecular weight is 551 g/mol.